The quantitative estimate of drug-likeness (QED) is 0.601. The molecule has 2 N–H and O–H groups in total. The summed E-state index contributed by atoms with van der Waals surface area (Å²) < 4.78 is 3.50. The van der Waals surface area contributed by atoms with E-state index in [1.54, 1.807) is 21.8 Å². The van der Waals surface area contributed by atoms with Crippen LogP contribution >= 0.6 is 12.4 Å². The van der Waals surface area contributed by atoms with E-state index in [-0.39, 0.29) is 12.4 Å². The lowest BCUT2D eigenvalue weighted by Crippen LogP contribution is -1.98. The Hall–Kier alpha value is -3.19. The number of anilines is 1. The van der Waals surface area contributed by atoms with Gasteiger partial charge in [0.15, 0.2) is 5.82 Å². The smallest absolute Gasteiger partial charge is 0.161 e. The van der Waals surface area contributed by atoms with E-state index in [0.29, 0.717) is 11.6 Å². The topological polar surface area (TPSA) is 87.4 Å². The Morgan fingerprint density at radius 3 is 2.12 bits per heavy atom. The van der Waals surface area contributed by atoms with Gasteiger partial charge in [-0.05, 0) is 11.6 Å². The molecule has 0 amide bonds. The summed E-state index contributed by atoms with van der Waals surface area (Å²) in [5.74, 6) is 1.03. The van der Waals surface area contributed by atoms with E-state index in [1.165, 1.54) is 0 Å². The molecule has 0 bridgehead atoms. The van der Waals surface area contributed by atoms with Crippen molar-refractivity contribution in [2.75, 3.05) is 5.73 Å². The molecule has 0 spiro atoms. The first-order chi connectivity index (χ1) is 12.1. The molecule has 0 radical (unpaired) electrons. The summed E-state index contributed by atoms with van der Waals surface area (Å²) in [6.07, 6.45) is 9.18. The number of benzene rings is 1. The van der Waals surface area contributed by atoms with E-state index < -0.39 is 0 Å². The van der Waals surface area contributed by atoms with Gasteiger partial charge in [0.2, 0.25) is 0 Å². The van der Waals surface area contributed by atoms with Gasteiger partial charge in [0.05, 0.1) is 12.4 Å². The van der Waals surface area contributed by atoms with Gasteiger partial charge in [-0.1, -0.05) is 18.2 Å². The molecule has 0 saturated carbocycles. The van der Waals surface area contributed by atoms with Crippen molar-refractivity contribution in [2.45, 2.75) is 0 Å². The predicted molar refractivity (Wildman–Crippen MR) is 104 cm³/mol. The first kappa shape index (κ1) is 17.6. The molecule has 0 saturated heterocycles. The minimum absolute atomic E-state index is 0. The largest absolute Gasteiger partial charge is 0.383 e. The van der Waals surface area contributed by atoms with Crippen LogP contribution in [-0.2, 0) is 14.1 Å². The first-order valence-electron chi connectivity index (χ1n) is 7.81. The average Bonchev–Trinajstić information content (AvgIpc) is 3.23. The third kappa shape index (κ3) is 3.29. The van der Waals surface area contributed by atoms with Crippen molar-refractivity contribution < 1.29 is 0 Å². The van der Waals surface area contributed by atoms with Crippen molar-refractivity contribution in [1.82, 2.24) is 29.5 Å². The number of hydrogen-bond donors (Lipinski definition) is 1. The van der Waals surface area contributed by atoms with Gasteiger partial charge in [-0.2, -0.15) is 10.2 Å². The van der Waals surface area contributed by atoms with Crippen molar-refractivity contribution in [3.05, 3.63) is 55.2 Å². The van der Waals surface area contributed by atoms with Crippen LogP contribution in [0.2, 0.25) is 0 Å². The standard InChI is InChI=1S/C18H17N7.ClH/c1-24-10-14(7-21-24)12-4-3-5-13(6-12)18-20-9-16(17(19)23-18)15-8-22-25(2)11-15;/h3-11H,1-2H3,(H2,19,20,23);1H. The molecule has 0 unspecified atom stereocenters. The maximum atomic E-state index is 6.15. The van der Waals surface area contributed by atoms with Gasteiger partial charge >= 0.3 is 0 Å². The lowest BCUT2D eigenvalue weighted by Gasteiger charge is -2.06. The average molecular weight is 368 g/mol. The van der Waals surface area contributed by atoms with Crippen LogP contribution in [0.4, 0.5) is 5.82 Å². The predicted octanol–water partition coefficient (Wildman–Crippen LogP) is 2.95. The molecular formula is C18H18ClN7. The minimum atomic E-state index is 0. The molecule has 26 heavy (non-hydrogen) atoms. The molecule has 3 aromatic heterocycles. The summed E-state index contributed by atoms with van der Waals surface area (Å²) in [7, 11) is 3.76. The summed E-state index contributed by atoms with van der Waals surface area (Å²) in [6.45, 7) is 0. The lowest BCUT2D eigenvalue weighted by molar-refractivity contribution is 0.768. The molecule has 7 nitrogen and oxygen atoms in total. The third-order valence-corrected chi connectivity index (χ3v) is 3.99. The zero-order chi connectivity index (χ0) is 17.4. The van der Waals surface area contributed by atoms with Gasteiger partial charge in [0, 0.05) is 54.9 Å². The highest BCUT2D eigenvalue weighted by Gasteiger charge is 2.11. The van der Waals surface area contributed by atoms with Gasteiger partial charge < -0.3 is 5.73 Å². The molecule has 8 heteroatoms. The van der Waals surface area contributed by atoms with E-state index >= 15 is 0 Å². The van der Waals surface area contributed by atoms with Crippen LogP contribution in [0.25, 0.3) is 33.6 Å². The Balaban J connectivity index is 0.00000196. The number of aromatic nitrogens is 6. The fourth-order valence-corrected chi connectivity index (χ4v) is 2.72. The second kappa shape index (κ2) is 6.97. The number of nitrogens with two attached hydrogens (primary N) is 1. The van der Waals surface area contributed by atoms with E-state index in [4.69, 9.17) is 5.73 Å². The van der Waals surface area contributed by atoms with Crippen molar-refractivity contribution in [3.63, 3.8) is 0 Å². The molecule has 0 aliphatic rings. The highest BCUT2D eigenvalue weighted by molar-refractivity contribution is 5.85. The van der Waals surface area contributed by atoms with Gasteiger partial charge in [-0.15, -0.1) is 12.4 Å². The Bertz CT molecular complexity index is 1050. The van der Waals surface area contributed by atoms with Gasteiger partial charge in [-0.25, -0.2) is 9.97 Å². The van der Waals surface area contributed by atoms with Crippen molar-refractivity contribution in [1.29, 1.82) is 0 Å². The molecule has 1 aromatic carbocycles. The summed E-state index contributed by atoms with van der Waals surface area (Å²) in [5.41, 5.74) is 10.8. The number of nitrogens with zero attached hydrogens (tertiary/aromatic N) is 6. The third-order valence-electron chi connectivity index (χ3n) is 3.99. The molecule has 3 heterocycles. The van der Waals surface area contributed by atoms with Crippen LogP contribution in [0.15, 0.2) is 55.2 Å². The molecule has 0 aliphatic carbocycles. The van der Waals surface area contributed by atoms with Crippen molar-refractivity contribution in [3.8, 4) is 33.6 Å². The zero-order valence-electron chi connectivity index (χ0n) is 14.4. The summed E-state index contributed by atoms with van der Waals surface area (Å²) in [6, 6.07) is 8.02. The number of nitrogen functional groups attached to an aromatic ring is 1. The Kier molecular flexibility index (Phi) is 4.73. The van der Waals surface area contributed by atoms with Gasteiger partial charge in [0.25, 0.3) is 0 Å². The number of rotatable bonds is 3. The van der Waals surface area contributed by atoms with Crippen LogP contribution in [0.1, 0.15) is 0 Å². The Labute approximate surface area is 156 Å². The van der Waals surface area contributed by atoms with E-state index in [0.717, 1.165) is 27.8 Å². The normalized spacial score (nSPS) is 10.5. The van der Waals surface area contributed by atoms with Crippen LogP contribution in [0, 0.1) is 0 Å². The summed E-state index contributed by atoms with van der Waals surface area (Å²) in [4.78, 5) is 8.96. The molecule has 4 rings (SSSR count). The zero-order valence-corrected chi connectivity index (χ0v) is 15.2. The molecule has 132 valence electrons. The second-order valence-electron chi connectivity index (χ2n) is 5.88. The van der Waals surface area contributed by atoms with Crippen LogP contribution in [0.3, 0.4) is 0 Å². The minimum Gasteiger partial charge on any atom is -0.383 e. The monoisotopic (exact) mass is 367 g/mol. The van der Waals surface area contributed by atoms with Crippen LogP contribution in [-0.4, -0.2) is 29.5 Å². The highest BCUT2D eigenvalue weighted by Crippen LogP contribution is 2.28. The Morgan fingerprint density at radius 1 is 0.846 bits per heavy atom. The first-order valence-corrected chi connectivity index (χ1v) is 7.81. The van der Waals surface area contributed by atoms with E-state index in [1.807, 2.05) is 57.0 Å². The number of halogens is 1. The van der Waals surface area contributed by atoms with Crippen molar-refractivity contribution in [2.24, 2.45) is 14.1 Å². The SMILES string of the molecule is Cl.Cn1cc(-c2cccc(-c3ncc(-c4cnn(C)c4)c(N)n3)c2)cn1. The maximum absolute atomic E-state index is 6.15. The van der Waals surface area contributed by atoms with E-state index in [9.17, 15) is 0 Å². The molecule has 0 aliphatic heterocycles. The van der Waals surface area contributed by atoms with Gasteiger partial charge in [-0.3, -0.25) is 9.36 Å². The second-order valence-corrected chi connectivity index (χ2v) is 5.88. The number of hydrogen-bond acceptors (Lipinski definition) is 5. The molecular weight excluding hydrogens is 350 g/mol. The lowest BCUT2D eigenvalue weighted by atomic mass is 10.1. The maximum Gasteiger partial charge on any atom is 0.161 e. The molecule has 0 atom stereocenters. The van der Waals surface area contributed by atoms with Crippen LogP contribution in [0.5, 0.6) is 0 Å². The van der Waals surface area contributed by atoms with Gasteiger partial charge in [0.1, 0.15) is 5.82 Å². The summed E-state index contributed by atoms with van der Waals surface area (Å²) in [5, 5.41) is 8.37. The summed E-state index contributed by atoms with van der Waals surface area (Å²) >= 11 is 0. The molecule has 0 fully saturated rings. The fourth-order valence-electron chi connectivity index (χ4n) is 2.72. The fraction of sp³-hybridized carbons (Fsp3) is 0.111. The number of aryl methyl sites for hydroxylation is 2. The van der Waals surface area contributed by atoms with Crippen molar-refractivity contribution >= 4 is 18.2 Å². The van der Waals surface area contributed by atoms with E-state index in [2.05, 4.69) is 20.2 Å². The highest BCUT2D eigenvalue weighted by atomic mass is 35.5. The van der Waals surface area contributed by atoms with Crippen LogP contribution < -0.4 is 5.73 Å². The molecule has 4 aromatic rings. The Morgan fingerprint density at radius 2 is 1.50 bits per heavy atom.